The second-order valence-corrected chi connectivity index (χ2v) is 27.7. The van der Waals surface area contributed by atoms with E-state index < -0.39 is 21.4 Å². The predicted molar refractivity (Wildman–Crippen MR) is 340 cm³/mol. The summed E-state index contributed by atoms with van der Waals surface area (Å²) in [5, 5.41) is 5.17. The van der Waals surface area contributed by atoms with Crippen LogP contribution in [0.25, 0.3) is 0 Å². The molecule has 15 radical (unpaired) electrons. The van der Waals surface area contributed by atoms with E-state index in [0.717, 1.165) is 0 Å². The summed E-state index contributed by atoms with van der Waals surface area (Å²) < 4.78 is 50.8. The molecular formula is C70H83BF4FeN3P2Rh+. The summed E-state index contributed by atoms with van der Waals surface area (Å²) in [6, 6.07) is 57.5. The Bertz CT molecular complexity index is 2710. The van der Waals surface area contributed by atoms with E-state index in [0.29, 0.717) is 23.7 Å². The van der Waals surface area contributed by atoms with Crippen molar-refractivity contribution in [2.75, 3.05) is 14.1 Å². The zero-order chi connectivity index (χ0) is 57.9. The molecule has 0 saturated heterocycles. The Labute approximate surface area is 518 Å². The molecule has 0 aliphatic heterocycles. The van der Waals surface area contributed by atoms with Crippen molar-refractivity contribution in [2.45, 2.75) is 118 Å². The molecule has 6 aromatic carbocycles. The summed E-state index contributed by atoms with van der Waals surface area (Å²) in [4.78, 5) is 2.30. The maximum Gasteiger partial charge on any atom is 2.00 e. The molecule has 3 nitrogen and oxygen atoms in total. The SMILES string of the molecule is CC(C)c1cccc(C(C)C)c1N=P([C]1[CH][CH][CH][CH]1)(c1ccccc1)c1ccccc1.CC(C)c1cccc(C(C)C)c1N=P([C]1[CH][CH][CH][C]1[C@H](C)N(C)C)(c1ccccc1)c1ccccc1.F[B-](F)(F)F.[CH]1[CH]CC[CH][CH]CC1.[Fe+2].[Rh]. The molecule has 12 heteroatoms. The zero-order valence-electron chi connectivity index (χ0n) is 49.6. The van der Waals surface area contributed by atoms with Crippen LogP contribution in [0.5, 0.6) is 0 Å². The van der Waals surface area contributed by atoms with Crippen LogP contribution in [0.3, 0.4) is 0 Å². The quantitative estimate of drug-likeness (QED) is 0.0607. The van der Waals surface area contributed by atoms with E-state index in [4.69, 9.17) is 9.49 Å². The van der Waals surface area contributed by atoms with E-state index >= 15 is 0 Å². The van der Waals surface area contributed by atoms with Crippen molar-refractivity contribution in [3.8, 4) is 0 Å². The Morgan fingerprint density at radius 3 is 0.988 bits per heavy atom. The third kappa shape index (κ3) is 19.1. The number of hydrogen-bond acceptors (Lipinski definition) is 3. The molecule has 6 aromatic rings. The number of rotatable bonds is 14. The normalized spacial score (nSPS) is 15.9. The van der Waals surface area contributed by atoms with Gasteiger partial charge in [0.25, 0.3) is 0 Å². The minimum absolute atomic E-state index is 0. The van der Waals surface area contributed by atoms with Crippen LogP contribution in [0.1, 0.15) is 134 Å². The van der Waals surface area contributed by atoms with Gasteiger partial charge in [0, 0.05) is 56.9 Å². The van der Waals surface area contributed by atoms with Gasteiger partial charge in [0.2, 0.25) is 0 Å². The fourth-order valence-corrected chi connectivity index (χ4v) is 17.6. The van der Waals surface area contributed by atoms with Crippen LogP contribution in [0.4, 0.5) is 28.6 Å². The molecule has 3 saturated carbocycles. The maximum atomic E-state index is 9.75. The van der Waals surface area contributed by atoms with Crippen LogP contribution in [0, 0.1) is 87.9 Å². The number of nitrogens with zero attached hydrogens (tertiary/aromatic N) is 3. The predicted octanol–water partition coefficient (Wildman–Crippen LogP) is 19.6. The monoisotopic (exact) mass is 1270 g/mol. The zero-order valence-corrected chi connectivity index (χ0v) is 54.1. The van der Waals surface area contributed by atoms with Crippen LogP contribution in [-0.4, -0.2) is 32.3 Å². The summed E-state index contributed by atoms with van der Waals surface area (Å²) in [5.41, 5.74) is 10.3. The van der Waals surface area contributed by atoms with Crippen LogP contribution in [0.2, 0.25) is 0 Å². The molecule has 0 amide bonds. The molecular weight excluding hydrogens is 1190 g/mol. The van der Waals surface area contributed by atoms with Crippen LogP contribution in [-0.2, 0) is 36.5 Å². The van der Waals surface area contributed by atoms with Gasteiger partial charge in [-0.25, -0.2) is 0 Å². The first kappa shape index (κ1) is 71.2. The van der Waals surface area contributed by atoms with Crippen molar-refractivity contribution < 1.29 is 53.8 Å². The summed E-state index contributed by atoms with van der Waals surface area (Å²) in [7, 11) is -6.31. The fraction of sp³-hybridized carbons (Fsp3) is 0.286. The van der Waals surface area contributed by atoms with Crippen LogP contribution < -0.4 is 21.2 Å². The van der Waals surface area contributed by atoms with E-state index in [9.17, 15) is 17.3 Å². The molecule has 435 valence electrons. The Morgan fingerprint density at radius 2 is 0.695 bits per heavy atom. The van der Waals surface area contributed by atoms with E-state index in [1.54, 1.807) is 0 Å². The first-order valence-corrected chi connectivity index (χ1v) is 31.8. The Kier molecular flexibility index (Phi) is 30.1. The van der Waals surface area contributed by atoms with Crippen molar-refractivity contribution in [3.05, 3.63) is 268 Å². The summed E-state index contributed by atoms with van der Waals surface area (Å²) in [5.74, 6) is 2.94. The third-order valence-corrected chi connectivity index (χ3v) is 21.8. The van der Waals surface area contributed by atoms with Crippen molar-refractivity contribution in [1.82, 2.24) is 4.90 Å². The molecule has 82 heavy (non-hydrogen) atoms. The van der Waals surface area contributed by atoms with E-state index in [1.807, 2.05) is 0 Å². The molecule has 0 heterocycles. The van der Waals surface area contributed by atoms with E-state index in [2.05, 4.69) is 310 Å². The Morgan fingerprint density at radius 1 is 0.402 bits per heavy atom. The molecule has 9 rings (SSSR count). The van der Waals surface area contributed by atoms with Gasteiger partial charge < -0.3 is 22.2 Å². The van der Waals surface area contributed by atoms with E-state index in [1.165, 1.54) is 97.8 Å². The molecule has 0 aromatic heterocycles. The van der Waals surface area contributed by atoms with Gasteiger partial charge in [0.15, 0.2) is 0 Å². The summed E-state index contributed by atoms with van der Waals surface area (Å²) >= 11 is 0. The van der Waals surface area contributed by atoms with Gasteiger partial charge in [-0.3, -0.25) is 9.49 Å². The average Bonchev–Trinajstić information content (AvgIpc) is 4.23. The first-order chi connectivity index (χ1) is 38.3. The number of benzene rings is 6. The maximum absolute atomic E-state index is 9.75. The molecule has 0 unspecified atom stereocenters. The van der Waals surface area contributed by atoms with Crippen molar-refractivity contribution in [2.24, 2.45) is 9.49 Å². The minimum atomic E-state index is -6.00. The average molecular weight is 1270 g/mol. The van der Waals surface area contributed by atoms with Gasteiger partial charge >= 0.3 is 24.3 Å². The standard InChI is InChI=1S/C33H40N2P.C29H31NP.C8H12.BF4.Fe.Rh/c1-24(2)29-20-14-21-30(25(3)4)33(29)34-36(27-16-10-8-11-17-27,28-18-12-9-13-19-28)32-23-15-22-31(32)26(5)35(6)7;1-22(2)27-20-13-21-28(23(3)4)29(27)30-31(26-18-11-12-19-26,24-14-7-5-8-15-24)25-16-9-6-10-17-25;1-2-4-6-8-7-5-3-1;2-1(3,4)5;;/h8-26H,1-7H3;5-23H,1-4H3;1-2,7-8H,3-6H2;;;/q;;;-1;+2;/t26-;;;;;/m0...../s1. The van der Waals surface area contributed by atoms with Gasteiger partial charge in [-0.05, 0) is 184 Å². The topological polar surface area (TPSA) is 28.0 Å². The van der Waals surface area contributed by atoms with Gasteiger partial charge in [0.1, 0.15) is 0 Å². The van der Waals surface area contributed by atoms with Gasteiger partial charge in [0.05, 0.1) is 11.4 Å². The second kappa shape index (κ2) is 34.7. The molecule has 3 aliphatic carbocycles. The Balaban J connectivity index is 0.000000285. The van der Waals surface area contributed by atoms with Crippen molar-refractivity contribution >= 4 is 54.0 Å². The van der Waals surface area contributed by atoms with Gasteiger partial charge in [-0.1, -0.05) is 213 Å². The second-order valence-electron chi connectivity index (χ2n) is 21.7. The van der Waals surface area contributed by atoms with Crippen molar-refractivity contribution in [1.29, 1.82) is 0 Å². The number of halogens is 4. The van der Waals surface area contributed by atoms with Crippen molar-refractivity contribution in [3.63, 3.8) is 0 Å². The molecule has 0 bridgehead atoms. The van der Waals surface area contributed by atoms with Gasteiger partial charge in [-0.15, -0.1) is 0 Å². The Hall–Kier alpha value is -3.33. The summed E-state index contributed by atoms with van der Waals surface area (Å²) in [6.45, 7) is 20.5. The first-order valence-electron chi connectivity index (χ1n) is 28.4. The third-order valence-electron chi connectivity index (χ3n) is 14.5. The number of hydrogen-bond donors (Lipinski definition) is 0. The fourth-order valence-electron chi connectivity index (χ4n) is 10.1. The molecule has 3 fully saturated rings. The summed E-state index contributed by atoms with van der Waals surface area (Å²) in [6.07, 6.45) is 29.6. The van der Waals surface area contributed by atoms with E-state index in [-0.39, 0.29) is 42.6 Å². The van der Waals surface area contributed by atoms with Crippen LogP contribution >= 0.6 is 14.1 Å². The van der Waals surface area contributed by atoms with Crippen LogP contribution in [0.15, 0.2) is 167 Å². The smallest absolute Gasteiger partial charge is 0.418 e. The minimum Gasteiger partial charge on any atom is -0.418 e. The molecule has 1 atom stereocenters. The molecule has 3 aliphatic rings. The molecule has 0 spiro atoms. The largest absolute Gasteiger partial charge is 2.00 e. The van der Waals surface area contributed by atoms with Gasteiger partial charge in [-0.2, -0.15) is 0 Å². The molecule has 0 N–H and O–H groups in total.